The molecule has 1 atom stereocenters. The van der Waals surface area contributed by atoms with Crippen molar-refractivity contribution >= 4 is 40.0 Å². The minimum atomic E-state index is -0.337. The van der Waals surface area contributed by atoms with Gasteiger partial charge in [0.2, 0.25) is 0 Å². The molecule has 1 aliphatic rings. The van der Waals surface area contributed by atoms with Gasteiger partial charge in [0.1, 0.15) is 5.82 Å². The zero-order chi connectivity index (χ0) is 32.8. The van der Waals surface area contributed by atoms with Crippen LogP contribution in [0.4, 0.5) is 22.0 Å². The number of hydrogen-bond donors (Lipinski definition) is 3. The molecule has 0 spiro atoms. The molecule has 0 aliphatic carbocycles. The molecule has 0 saturated carbocycles. The van der Waals surface area contributed by atoms with Crippen LogP contribution < -0.4 is 15.5 Å². The summed E-state index contributed by atoms with van der Waals surface area (Å²) in [7, 11) is 3.33. The zero-order valence-corrected chi connectivity index (χ0v) is 27.5. The number of hydrogen-bond acceptors (Lipinski definition) is 7. The van der Waals surface area contributed by atoms with Gasteiger partial charge in [0.15, 0.2) is 0 Å². The number of aliphatic hydroxyl groups is 1. The first-order valence-electron chi connectivity index (χ1n) is 16.0. The summed E-state index contributed by atoms with van der Waals surface area (Å²) < 4.78 is 7.30. The zero-order valence-electron chi connectivity index (χ0n) is 27.5. The molecule has 244 valence electrons. The Hall–Kier alpha value is -4.25. The van der Waals surface area contributed by atoms with Crippen molar-refractivity contribution in [1.29, 1.82) is 0 Å². The summed E-state index contributed by atoms with van der Waals surface area (Å²) in [6.07, 6.45) is 5.99. The molecule has 0 radical (unpaired) electrons. The number of carbonyl (C=O) groups is 2. The third-order valence-corrected chi connectivity index (χ3v) is 8.96. The lowest BCUT2D eigenvalue weighted by Crippen LogP contribution is -2.37. The van der Waals surface area contributed by atoms with Crippen molar-refractivity contribution < 1.29 is 19.4 Å². The molecule has 2 aromatic heterocycles. The predicted octanol–water partition coefficient (Wildman–Crippen LogP) is 5.99. The summed E-state index contributed by atoms with van der Waals surface area (Å²) in [6, 6.07) is 19.4. The lowest BCUT2D eigenvalue weighted by atomic mass is 9.89. The van der Waals surface area contributed by atoms with Crippen LogP contribution in [0.1, 0.15) is 61.9 Å². The molecule has 5 rings (SSSR count). The Bertz CT molecular complexity index is 1640. The Morgan fingerprint density at radius 2 is 1.78 bits per heavy atom. The van der Waals surface area contributed by atoms with Crippen LogP contribution in [-0.4, -0.2) is 83.5 Å². The largest absolute Gasteiger partial charge is 0.392 e. The highest BCUT2D eigenvalue weighted by atomic mass is 16.5. The number of pyridine rings is 1. The van der Waals surface area contributed by atoms with Crippen molar-refractivity contribution in [2.45, 2.75) is 57.7 Å². The number of amides is 2. The van der Waals surface area contributed by atoms with E-state index in [1.165, 1.54) is 5.56 Å². The Balaban J connectivity index is 1.32. The number of rotatable bonds is 11. The molecule has 1 fully saturated rings. The molecule has 3 heterocycles. The number of carbonyl (C=O) groups excluding carboxylic acids is 2. The van der Waals surface area contributed by atoms with E-state index >= 15 is 0 Å². The lowest BCUT2D eigenvalue weighted by molar-refractivity contribution is 0.0176. The number of nitrogens with one attached hydrogen (secondary N) is 2. The molecule has 10 nitrogen and oxygen atoms in total. The number of anilines is 3. The first-order chi connectivity index (χ1) is 22.1. The number of nitrogens with zero attached hydrogens (tertiary/aromatic N) is 4. The molecule has 2 aromatic carbocycles. The molecule has 1 aliphatic heterocycles. The maximum atomic E-state index is 13.3. The van der Waals surface area contributed by atoms with E-state index in [1.54, 1.807) is 31.1 Å². The van der Waals surface area contributed by atoms with Crippen LogP contribution >= 0.6 is 0 Å². The first kappa shape index (κ1) is 33.1. The Kier molecular flexibility index (Phi) is 10.4. The van der Waals surface area contributed by atoms with Crippen LogP contribution in [0, 0.1) is 0 Å². The first-order valence-corrected chi connectivity index (χ1v) is 16.0. The van der Waals surface area contributed by atoms with Crippen LogP contribution in [-0.2, 0) is 4.74 Å². The van der Waals surface area contributed by atoms with Crippen molar-refractivity contribution in [2.75, 3.05) is 50.6 Å². The highest BCUT2D eigenvalue weighted by Crippen LogP contribution is 2.32. The predicted molar refractivity (Wildman–Crippen MR) is 183 cm³/mol. The van der Waals surface area contributed by atoms with Gasteiger partial charge in [0, 0.05) is 68.0 Å². The summed E-state index contributed by atoms with van der Waals surface area (Å²) in [6.45, 7) is 9.25. The van der Waals surface area contributed by atoms with E-state index in [9.17, 15) is 14.7 Å². The highest BCUT2D eigenvalue weighted by molar-refractivity contribution is 6.04. The van der Waals surface area contributed by atoms with Crippen LogP contribution in [0.2, 0.25) is 0 Å². The van der Waals surface area contributed by atoms with Gasteiger partial charge in [-0.05, 0) is 107 Å². The second-order valence-corrected chi connectivity index (χ2v) is 12.7. The van der Waals surface area contributed by atoms with Crippen molar-refractivity contribution in [3.8, 4) is 0 Å². The average molecular weight is 627 g/mol. The smallest absolute Gasteiger partial charge is 0.325 e. The van der Waals surface area contributed by atoms with Crippen molar-refractivity contribution in [1.82, 2.24) is 19.8 Å². The van der Waals surface area contributed by atoms with E-state index in [1.807, 2.05) is 49.4 Å². The molecule has 3 N–H and O–H groups in total. The molecular weight excluding hydrogens is 580 g/mol. The number of likely N-dealkylation sites (tertiary alicyclic amines) is 1. The number of ether oxygens (including phenoxy) is 1. The van der Waals surface area contributed by atoms with Crippen LogP contribution in [0.3, 0.4) is 0 Å². The van der Waals surface area contributed by atoms with Crippen LogP contribution in [0.15, 0.2) is 73.1 Å². The van der Waals surface area contributed by atoms with Gasteiger partial charge < -0.3 is 30.3 Å². The maximum Gasteiger partial charge on any atom is 0.325 e. The van der Waals surface area contributed by atoms with Crippen molar-refractivity contribution in [3.05, 3.63) is 84.2 Å². The van der Waals surface area contributed by atoms with Gasteiger partial charge in [-0.15, -0.1) is 0 Å². The second-order valence-electron chi connectivity index (χ2n) is 12.7. The summed E-state index contributed by atoms with van der Waals surface area (Å²) >= 11 is 0. The summed E-state index contributed by atoms with van der Waals surface area (Å²) in [5.41, 5.74) is 4.12. The third kappa shape index (κ3) is 7.93. The van der Waals surface area contributed by atoms with Crippen molar-refractivity contribution in [3.63, 3.8) is 0 Å². The molecule has 46 heavy (non-hydrogen) atoms. The fourth-order valence-corrected chi connectivity index (χ4v) is 6.06. The number of methoxy groups -OCH3 is 1. The molecule has 4 aromatic rings. The monoisotopic (exact) mass is 626 g/mol. The molecular formula is C36H46N6O4. The van der Waals surface area contributed by atoms with E-state index in [2.05, 4.69) is 57.5 Å². The summed E-state index contributed by atoms with van der Waals surface area (Å²) in [4.78, 5) is 34.5. The molecule has 10 heteroatoms. The molecule has 1 unspecified atom stereocenters. The number of aliphatic hydroxyl groups excluding tert-OH is 1. The minimum absolute atomic E-state index is 0.195. The molecule has 0 bridgehead atoms. The SMILES string of the molecule is CNC(=O)n1ccc2cc(N(CCC(C)(C)OC)c3ccnc(NC(=O)c4ccc(C5CCN(CC(C)O)CC5)cc4)c3)ccc21. The van der Waals surface area contributed by atoms with E-state index < -0.39 is 0 Å². The van der Waals surface area contributed by atoms with E-state index in [0.717, 1.165) is 54.6 Å². The molecule has 2 amide bonds. The Labute approximate surface area is 271 Å². The van der Waals surface area contributed by atoms with Gasteiger partial charge >= 0.3 is 6.03 Å². The van der Waals surface area contributed by atoms with Crippen LogP contribution in [0.25, 0.3) is 10.9 Å². The minimum Gasteiger partial charge on any atom is -0.392 e. The third-order valence-electron chi connectivity index (χ3n) is 8.96. The number of fused-ring (bicyclic) bond motifs is 1. The lowest BCUT2D eigenvalue weighted by Gasteiger charge is -2.32. The quantitative estimate of drug-likeness (QED) is 0.188. The van der Waals surface area contributed by atoms with E-state index in [0.29, 0.717) is 30.4 Å². The molecule has 1 saturated heterocycles. The van der Waals surface area contributed by atoms with Gasteiger partial charge in [-0.2, -0.15) is 0 Å². The maximum absolute atomic E-state index is 13.3. The fourth-order valence-electron chi connectivity index (χ4n) is 6.06. The fraction of sp³-hybridized carbons (Fsp3) is 0.417. The number of aromatic nitrogens is 2. The van der Waals surface area contributed by atoms with Crippen molar-refractivity contribution in [2.24, 2.45) is 0 Å². The van der Waals surface area contributed by atoms with E-state index in [4.69, 9.17) is 4.74 Å². The van der Waals surface area contributed by atoms with Gasteiger partial charge in [-0.1, -0.05) is 12.1 Å². The van der Waals surface area contributed by atoms with Gasteiger partial charge in [0.25, 0.3) is 5.91 Å². The standard InChI is InChI=1S/C36H46N6O4/c1-25(43)24-40-18-13-27(14-19-40)26-6-8-28(9-7-26)34(44)39-33-23-31(12-17-38-33)41(21-16-36(2,3)46-5)30-10-11-32-29(22-30)15-20-42(32)35(45)37-4/h6-12,15,17,20,22-23,25,27,43H,13-14,16,18-19,21,24H2,1-5H3,(H,37,45)(H,38,39,44). The average Bonchev–Trinajstić information content (AvgIpc) is 3.48. The van der Waals surface area contributed by atoms with Gasteiger partial charge in [-0.25, -0.2) is 9.78 Å². The number of β-amino-alcohol motifs (C(OH)–C–C–N with tert-alkyl or cyclic N) is 1. The Morgan fingerprint density at radius 3 is 2.46 bits per heavy atom. The van der Waals surface area contributed by atoms with E-state index in [-0.39, 0.29) is 23.6 Å². The Morgan fingerprint density at radius 1 is 1.07 bits per heavy atom. The van der Waals surface area contributed by atoms with Crippen LogP contribution in [0.5, 0.6) is 0 Å². The van der Waals surface area contributed by atoms with Gasteiger partial charge in [0.05, 0.1) is 17.2 Å². The topological polar surface area (TPSA) is 112 Å². The second kappa shape index (κ2) is 14.5. The normalized spacial score (nSPS) is 15.1. The summed E-state index contributed by atoms with van der Waals surface area (Å²) in [5, 5.41) is 16.3. The number of benzene rings is 2. The highest BCUT2D eigenvalue weighted by Gasteiger charge is 2.23. The summed E-state index contributed by atoms with van der Waals surface area (Å²) in [5.74, 6) is 0.697. The van der Waals surface area contributed by atoms with Gasteiger partial charge in [-0.3, -0.25) is 9.36 Å². The number of piperidine rings is 1.